The van der Waals surface area contributed by atoms with Crippen LogP contribution in [0.2, 0.25) is 0 Å². The van der Waals surface area contributed by atoms with Gasteiger partial charge in [0.1, 0.15) is 11.6 Å². The number of hydrogen-bond acceptors (Lipinski definition) is 7. The van der Waals surface area contributed by atoms with Crippen LogP contribution in [-0.2, 0) is 22.7 Å². The maximum Gasteiger partial charge on any atom is 0.160 e. The zero-order valence-electron chi connectivity index (χ0n) is 18.0. The van der Waals surface area contributed by atoms with E-state index in [1.165, 1.54) is 0 Å². The van der Waals surface area contributed by atoms with Gasteiger partial charge in [-0.1, -0.05) is 49.6 Å². The third-order valence-corrected chi connectivity index (χ3v) is 5.05. The highest BCUT2D eigenvalue weighted by Gasteiger charge is 2.18. The van der Waals surface area contributed by atoms with Crippen molar-refractivity contribution in [3.8, 4) is 0 Å². The van der Waals surface area contributed by atoms with E-state index in [1.54, 1.807) is 12.2 Å². The monoisotopic (exact) mass is 432 g/mol. The molecule has 1 aromatic carbocycles. The largest absolute Gasteiger partial charge is 0.398 e. The van der Waals surface area contributed by atoms with Gasteiger partial charge >= 0.3 is 0 Å². The van der Waals surface area contributed by atoms with Gasteiger partial charge in [-0.3, -0.25) is 0 Å². The number of hydrogen-bond donors (Lipinski definition) is 2. The number of ether oxygens (including phenoxy) is 2. The van der Waals surface area contributed by atoms with Gasteiger partial charge in [-0.25, -0.2) is 4.98 Å². The van der Waals surface area contributed by atoms with E-state index in [4.69, 9.17) is 25.3 Å². The molecule has 0 spiro atoms. The van der Waals surface area contributed by atoms with Crippen LogP contribution in [0.1, 0.15) is 11.3 Å². The van der Waals surface area contributed by atoms with Crippen LogP contribution < -0.4 is 16.0 Å². The zero-order chi connectivity index (χ0) is 22.3. The Balaban J connectivity index is 1.61. The van der Waals surface area contributed by atoms with Crippen molar-refractivity contribution in [1.29, 1.82) is 0 Å². The molecule has 2 aromatic heterocycles. The first-order valence-electron chi connectivity index (χ1n) is 10.5. The number of benzene rings is 1. The Morgan fingerprint density at radius 2 is 1.97 bits per heavy atom. The van der Waals surface area contributed by atoms with Crippen molar-refractivity contribution in [2.75, 3.05) is 36.5 Å². The molecule has 3 aromatic rings. The summed E-state index contributed by atoms with van der Waals surface area (Å²) >= 11 is 0. The van der Waals surface area contributed by atoms with Gasteiger partial charge in [0.2, 0.25) is 0 Å². The molecule has 3 N–H and O–H groups in total. The number of nitrogens with one attached hydrogen (secondary N) is 1. The molecule has 1 saturated heterocycles. The summed E-state index contributed by atoms with van der Waals surface area (Å²) in [5.41, 5.74) is 9.62. The van der Waals surface area contributed by atoms with Gasteiger partial charge in [0.15, 0.2) is 5.65 Å². The van der Waals surface area contributed by atoms with Crippen LogP contribution in [0.4, 0.5) is 11.6 Å². The lowest BCUT2D eigenvalue weighted by Crippen LogP contribution is -2.37. The van der Waals surface area contributed by atoms with Crippen LogP contribution in [0, 0.1) is 0 Å². The standard InChI is InChI=1S/C24H28N6O2/c1-3-7-21(18(2)25)26-22-15-24(29-10-12-31-13-11-29)30-23(27-22)14-20(28-30)17-32-16-19-8-5-4-6-9-19/h3-9,14-15H,1-2,10-13,16-17,25H2,(H,26,27)/b21-7+. The van der Waals surface area contributed by atoms with E-state index in [1.807, 2.05) is 47.0 Å². The molecule has 3 heterocycles. The van der Waals surface area contributed by atoms with Gasteiger partial charge in [-0.05, 0) is 11.6 Å². The second-order valence-electron chi connectivity index (χ2n) is 7.45. The minimum absolute atomic E-state index is 0.394. The molecule has 8 nitrogen and oxygen atoms in total. The lowest BCUT2D eigenvalue weighted by molar-refractivity contribution is 0.104. The SMILES string of the molecule is C=C/C=C(/Nc1cc(N2CCOCC2)n2nc(COCc3ccccc3)cc2n1)C(=C)N. The molecular weight excluding hydrogens is 404 g/mol. The summed E-state index contributed by atoms with van der Waals surface area (Å²) in [5, 5.41) is 8.01. The van der Waals surface area contributed by atoms with E-state index in [-0.39, 0.29) is 0 Å². The fraction of sp³-hybridized carbons (Fsp3) is 0.250. The van der Waals surface area contributed by atoms with Crippen LogP contribution in [0.3, 0.4) is 0 Å². The Bertz CT molecular complexity index is 1120. The van der Waals surface area contributed by atoms with Crippen LogP contribution >= 0.6 is 0 Å². The van der Waals surface area contributed by atoms with Crippen LogP contribution in [0.15, 0.2) is 79.2 Å². The van der Waals surface area contributed by atoms with Crippen molar-refractivity contribution >= 4 is 17.3 Å². The molecule has 1 aliphatic rings. The maximum absolute atomic E-state index is 5.91. The molecule has 4 rings (SSSR count). The Kier molecular flexibility index (Phi) is 6.84. The van der Waals surface area contributed by atoms with Crippen molar-refractivity contribution in [2.45, 2.75) is 13.2 Å². The Morgan fingerprint density at radius 1 is 1.19 bits per heavy atom. The van der Waals surface area contributed by atoms with Crippen molar-refractivity contribution in [1.82, 2.24) is 14.6 Å². The van der Waals surface area contributed by atoms with Crippen molar-refractivity contribution in [3.05, 3.63) is 90.4 Å². The van der Waals surface area contributed by atoms with Gasteiger partial charge < -0.3 is 25.4 Å². The number of allylic oxidation sites excluding steroid dienone is 2. The normalized spacial score (nSPS) is 14.5. The van der Waals surface area contributed by atoms with E-state index in [0.29, 0.717) is 43.6 Å². The summed E-state index contributed by atoms with van der Waals surface area (Å²) in [4.78, 5) is 6.96. The highest BCUT2D eigenvalue weighted by Crippen LogP contribution is 2.23. The molecule has 0 radical (unpaired) electrons. The molecule has 0 saturated carbocycles. The molecule has 0 aliphatic carbocycles. The van der Waals surface area contributed by atoms with Crippen LogP contribution in [-0.4, -0.2) is 40.9 Å². The van der Waals surface area contributed by atoms with Crippen molar-refractivity contribution in [3.63, 3.8) is 0 Å². The zero-order valence-corrected chi connectivity index (χ0v) is 18.0. The fourth-order valence-corrected chi connectivity index (χ4v) is 3.49. The van der Waals surface area contributed by atoms with Gasteiger partial charge in [0, 0.05) is 30.9 Å². The van der Waals surface area contributed by atoms with E-state index in [0.717, 1.165) is 35.8 Å². The lowest BCUT2D eigenvalue weighted by Gasteiger charge is -2.29. The van der Waals surface area contributed by atoms with Gasteiger partial charge in [-0.15, -0.1) is 0 Å². The first-order chi connectivity index (χ1) is 15.6. The number of nitrogens with two attached hydrogens (primary N) is 1. The average molecular weight is 433 g/mol. The van der Waals surface area contributed by atoms with Gasteiger partial charge in [0.25, 0.3) is 0 Å². The summed E-state index contributed by atoms with van der Waals surface area (Å²) in [6.45, 7) is 11.4. The molecule has 32 heavy (non-hydrogen) atoms. The minimum atomic E-state index is 0.394. The van der Waals surface area contributed by atoms with E-state index in [9.17, 15) is 0 Å². The van der Waals surface area contributed by atoms with Crippen molar-refractivity contribution in [2.24, 2.45) is 5.73 Å². The van der Waals surface area contributed by atoms with Gasteiger partial charge in [0.05, 0.1) is 37.8 Å². The summed E-state index contributed by atoms with van der Waals surface area (Å²) in [6.07, 6.45) is 3.42. The molecule has 8 heteroatoms. The maximum atomic E-state index is 5.91. The summed E-state index contributed by atoms with van der Waals surface area (Å²) in [7, 11) is 0. The molecule has 0 bridgehead atoms. The second-order valence-corrected chi connectivity index (χ2v) is 7.45. The molecule has 0 amide bonds. The molecule has 1 aliphatic heterocycles. The highest BCUT2D eigenvalue weighted by molar-refractivity contribution is 5.61. The summed E-state index contributed by atoms with van der Waals surface area (Å²) in [6, 6.07) is 14.0. The number of fused-ring (bicyclic) bond motifs is 1. The molecule has 166 valence electrons. The highest BCUT2D eigenvalue weighted by atomic mass is 16.5. The van der Waals surface area contributed by atoms with E-state index < -0.39 is 0 Å². The smallest absolute Gasteiger partial charge is 0.160 e. The first-order valence-corrected chi connectivity index (χ1v) is 10.5. The summed E-state index contributed by atoms with van der Waals surface area (Å²) in [5.74, 6) is 1.58. The Morgan fingerprint density at radius 3 is 2.69 bits per heavy atom. The predicted octanol–water partition coefficient (Wildman–Crippen LogP) is 3.24. The number of morpholine rings is 1. The average Bonchev–Trinajstić information content (AvgIpc) is 3.22. The number of nitrogens with zero attached hydrogens (tertiary/aromatic N) is 4. The molecule has 0 unspecified atom stereocenters. The third kappa shape index (κ3) is 5.16. The van der Waals surface area contributed by atoms with Crippen molar-refractivity contribution < 1.29 is 9.47 Å². The Hall–Kier alpha value is -3.62. The molecule has 1 fully saturated rings. The topological polar surface area (TPSA) is 89.9 Å². The molecule has 0 atom stereocenters. The fourth-order valence-electron chi connectivity index (χ4n) is 3.49. The molecular formula is C24H28N6O2. The first kappa shape index (κ1) is 21.6. The second kappa shape index (κ2) is 10.1. The predicted molar refractivity (Wildman–Crippen MR) is 126 cm³/mol. The summed E-state index contributed by atoms with van der Waals surface area (Å²) < 4.78 is 13.3. The van der Waals surface area contributed by atoms with E-state index >= 15 is 0 Å². The van der Waals surface area contributed by atoms with Crippen LogP contribution in [0.25, 0.3) is 5.65 Å². The number of aromatic nitrogens is 3. The van der Waals surface area contributed by atoms with E-state index in [2.05, 4.69) is 23.4 Å². The number of rotatable bonds is 9. The Labute approximate surface area is 187 Å². The number of anilines is 2. The minimum Gasteiger partial charge on any atom is -0.398 e. The quantitative estimate of drug-likeness (QED) is 0.502. The van der Waals surface area contributed by atoms with Gasteiger partial charge in [-0.2, -0.15) is 9.61 Å². The lowest BCUT2D eigenvalue weighted by atomic mass is 10.2. The van der Waals surface area contributed by atoms with Crippen LogP contribution in [0.5, 0.6) is 0 Å². The third-order valence-electron chi connectivity index (χ3n) is 5.05.